The van der Waals surface area contributed by atoms with Crippen LogP contribution in [0.5, 0.6) is 0 Å². The van der Waals surface area contributed by atoms with Gasteiger partial charge in [0, 0.05) is 0 Å². The van der Waals surface area contributed by atoms with Crippen molar-refractivity contribution < 1.29 is 28.7 Å². The van der Waals surface area contributed by atoms with Crippen LogP contribution in [0.4, 0.5) is 0 Å². The topological polar surface area (TPSA) is 143 Å². The predicted molar refractivity (Wildman–Crippen MR) is 144 cm³/mol. The molecule has 4 N–H and O–H groups in total. The van der Waals surface area contributed by atoms with Gasteiger partial charge >= 0.3 is 5.97 Å². The number of carbonyl (C=O) groups is 5. The highest BCUT2D eigenvalue weighted by molar-refractivity contribution is 7.98. The minimum absolute atomic E-state index is 0.0505. The number of amides is 4. The molecule has 0 aromatic rings. The van der Waals surface area contributed by atoms with Crippen LogP contribution in [-0.4, -0.2) is 65.8 Å². The van der Waals surface area contributed by atoms with E-state index in [0.29, 0.717) is 0 Å². The first-order valence-electron chi connectivity index (χ1n) is 12.7. The number of allylic oxidation sites excluding steroid dienone is 2. The zero-order valence-corrected chi connectivity index (χ0v) is 23.7. The van der Waals surface area contributed by atoms with Crippen LogP contribution in [0.1, 0.15) is 60.8 Å². The molecule has 1 saturated heterocycles. The predicted octanol–water partition coefficient (Wildman–Crippen LogP) is 1.81. The van der Waals surface area contributed by atoms with Gasteiger partial charge in [0.15, 0.2) is 0 Å². The highest BCUT2D eigenvalue weighted by Crippen LogP contribution is 2.12. The van der Waals surface area contributed by atoms with E-state index in [2.05, 4.69) is 21.3 Å². The molecular weight excluding hydrogens is 496 g/mol. The van der Waals surface area contributed by atoms with Crippen LogP contribution in [-0.2, 0) is 28.7 Å². The van der Waals surface area contributed by atoms with Gasteiger partial charge in [-0.25, -0.2) is 4.79 Å². The summed E-state index contributed by atoms with van der Waals surface area (Å²) in [6.45, 7) is 10.4. The second-order valence-electron chi connectivity index (χ2n) is 9.53. The number of carbonyl (C=O) groups excluding carboxylic acids is 5. The molecule has 10 nitrogen and oxygen atoms in total. The number of rotatable bonds is 7. The summed E-state index contributed by atoms with van der Waals surface area (Å²) in [5, 5.41) is 10.6. The normalized spacial score (nSPS) is 26.2. The van der Waals surface area contributed by atoms with Crippen LogP contribution in [0.2, 0.25) is 0 Å². The third-order valence-electron chi connectivity index (χ3n) is 5.80. The summed E-state index contributed by atoms with van der Waals surface area (Å²) >= 11 is 1.66. The Bertz CT molecular complexity index is 886. The summed E-state index contributed by atoms with van der Waals surface area (Å²) < 4.78 is 5.66. The molecule has 0 spiro atoms. The number of hydrogen-bond acceptors (Lipinski definition) is 7. The molecule has 1 unspecified atom stereocenters. The van der Waals surface area contributed by atoms with Crippen molar-refractivity contribution in [2.24, 2.45) is 11.8 Å². The van der Waals surface area contributed by atoms with Gasteiger partial charge in [-0.3, -0.25) is 19.2 Å². The molecule has 0 radical (unpaired) electrons. The fourth-order valence-corrected chi connectivity index (χ4v) is 3.94. The zero-order chi connectivity index (χ0) is 28.1. The number of esters is 1. The van der Waals surface area contributed by atoms with Crippen LogP contribution in [0.15, 0.2) is 23.9 Å². The van der Waals surface area contributed by atoms with E-state index in [1.807, 2.05) is 12.3 Å². The summed E-state index contributed by atoms with van der Waals surface area (Å²) in [5.74, 6) is -2.69. The molecule has 1 rings (SSSR count). The second-order valence-corrected chi connectivity index (χ2v) is 10.5. The lowest BCUT2D eigenvalue weighted by atomic mass is 10.0. The lowest BCUT2D eigenvalue weighted by Gasteiger charge is -2.27. The number of cyclic esters (lactones) is 1. The van der Waals surface area contributed by atoms with Gasteiger partial charge < -0.3 is 26.0 Å². The highest BCUT2D eigenvalue weighted by Gasteiger charge is 2.33. The molecule has 1 aliphatic heterocycles. The Hall–Kier alpha value is -2.82. The average Bonchev–Trinajstić information content (AvgIpc) is 2.83. The van der Waals surface area contributed by atoms with Gasteiger partial charge in [-0.1, -0.05) is 46.8 Å². The van der Waals surface area contributed by atoms with Crippen molar-refractivity contribution in [2.75, 3.05) is 12.0 Å². The van der Waals surface area contributed by atoms with Crippen LogP contribution in [0.25, 0.3) is 0 Å². The quantitative estimate of drug-likeness (QED) is 0.168. The van der Waals surface area contributed by atoms with Crippen molar-refractivity contribution >= 4 is 41.4 Å². The number of thioether (sulfide) groups is 1. The van der Waals surface area contributed by atoms with Gasteiger partial charge in [0.25, 0.3) is 5.91 Å². The lowest BCUT2D eigenvalue weighted by molar-refractivity contribution is -0.153. The number of nitrogens with one attached hydrogen (secondary N) is 4. The van der Waals surface area contributed by atoms with E-state index in [0.717, 1.165) is 12.2 Å². The summed E-state index contributed by atoms with van der Waals surface area (Å²) in [7, 11) is 0. The molecule has 11 heteroatoms. The summed E-state index contributed by atoms with van der Waals surface area (Å²) in [4.78, 5) is 64.9. The van der Waals surface area contributed by atoms with Gasteiger partial charge in [0.05, 0.1) is 6.42 Å². The molecule has 37 heavy (non-hydrogen) atoms. The maximum Gasteiger partial charge on any atom is 0.329 e. The second kappa shape index (κ2) is 16.1. The van der Waals surface area contributed by atoms with Gasteiger partial charge in [0.2, 0.25) is 17.7 Å². The van der Waals surface area contributed by atoms with E-state index in [9.17, 15) is 24.0 Å². The molecule has 0 saturated carbocycles. The van der Waals surface area contributed by atoms with Crippen LogP contribution < -0.4 is 21.3 Å². The minimum atomic E-state index is -1.01. The molecular formula is C26H42N4O6S. The van der Waals surface area contributed by atoms with Crippen molar-refractivity contribution in [3.63, 3.8) is 0 Å². The van der Waals surface area contributed by atoms with E-state index >= 15 is 0 Å². The monoisotopic (exact) mass is 538 g/mol. The molecule has 0 aliphatic carbocycles. The van der Waals surface area contributed by atoms with E-state index in [1.54, 1.807) is 59.4 Å². The molecule has 1 heterocycles. The maximum atomic E-state index is 13.1. The number of hydrogen-bond donors (Lipinski definition) is 4. The van der Waals surface area contributed by atoms with Crippen LogP contribution in [0, 0.1) is 11.8 Å². The Morgan fingerprint density at radius 3 is 2.16 bits per heavy atom. The third-order valence-corrected chi connectivity index (χ3v) is 6.44. The molecule has 0 aromatic carbocycles. The Kier molecular flexibility index (Phi) is 14.0. The number of ether oxygens (including phenoxy) is 1. The Morgan fingerprint density at radius 2 is 1.62 bits per heavy atom. The molecule has 208 valence electrons. The summed E-state index contributed by atoms with van der Waals surface area (Å²) in [6.07, 6.45) is 6.79. The van der Waals surface area contributed by atoms with Crippen LogP contribution in [0.3, 0.4) is 0 Å². The Morgan fingerprint density at radius 1 is 0.973 bits per heavy atom. The Labute approximate surface area is 224 Å². The largest absolute Gasteiger partial charge is 0.456 e. The first kappa shape index (κ1) is 32.2. The van der Waals surface area contributed by atoms with Crippen molar-refractivity contribution in [1.82, 2.24) is 21.3 Å². The van der Waals surface area contributed by atoms with E-state index < -0.39 is 53.8 Å². The van der Waals surface area contributed by atoms with Gasteiger partial charge in [-0.15, -0.1) is 0 Å². The molecule has 1 aliphatic rings. The molecule has 4 amide bonds. The van der Waals surface area contributed by atoms with Gasteiger partial charge in [-0.05, 0) is 49.7 Å². The average molecular weight is 539 g/mol. The smallest absolute Gasteiger partial charge is 0.329 e. The van der Waals surface area contributed by atoms with Crippen molar-refractivity contribution in [3.05, 3.63) is 23.9 Å². The van der Waals surface area contributed by atoms with Crippen molar-refractivity contribution in [3.8, 4) is 0 Å². The third kappa shape index (κ3) is 10.6. The standard InChI is InChI=1S/C26H42N4O6S/c1-8-18-23(32)27-19(9-2)24(33)30-22(16(5)6)26(35)36-17(12-10-11-13-37-7)14-20(31)29-21(15(3)4)25(34)28-18/h9-10,12,15-18,21-22H,8,11,13-14H2,1-7H3,(H,27,32)(H,28,34)(H,29,31)(H,30,33)/t17-,18?,21-,22+/m1/s1. The van der Waals surface area contributed by atoms with Gasteiger partial charge in [0.1, 0.15) is 29.9 Å². The molecule has 1 fully saturated rings. The Balaban J connectivity index is 3.42. The fraction of sp³-hybridized carbons (Fsp3) is 0.654. The lowest BCUT2D eigenvalue weighted by Crippen LogP contribution is -2.56. The maximum absolute atomic E-state index is 13.1. The summed E-state index contributed by atoms with van der Waals surface area (Å²) in [6, 6.07) is -2.85. The summed E-state index contributed by atoms with van der Waals surface area (Å²) in [5.41, 5.74) is -0.0505. The van der Waals surface area contributed by atoms with Crippen molar-refractivity contribution in [2.45, 2.75) is 85.0 Å². The zero-order valence-electron chi connectivity index (χ0n) is 22.9. The van der Waals surface area contributed by atoms with Gasteiger partial charge in [-0.2, -0.15) is 11.8 Å². The molecule has 0 aromatic heterocycles. The van der Waals surface area contributed by atoms with E-state index in [1.165, 1.54) is 6.08 Å². The first-order valence-corrected chi connectivity index (χ1v) is 14.1. The fourth-order valence-electron chi connectivity index (χ4n) is 3.57. The van der Waals surface area contributed by atoms with E-state index in [4.69, 9.17) is 4.74 Å². The molecule has 0 bridgehead atoms. The minimum Gasteiger partial charge on any atom is -0.456 e. The van der Waals surface area contributed by atoms with Crippen molar-refractivity contribution in [1.29, 1.82) is 0 Å². The highest BCUT2D eigenvalue weighted by atomic mass is 32.2. The first-order chi connectivity index (χ1) is 17.4. The van der Waals surface area contributed by atoms with Crippen LogP contribution >= 0.6 is 11.8 Å². The molecule has 4 atom stereocenters. The SMILES string of the molecule is CC=C1NC(=O)C(CC)NC(=O)[C@@H](C(C)C)NC(=O)C[C@@H](C=CCCSC)OC(=O)[C@H](C(C)C)NC1=O. The van der Waals surface area contributed by atoms with E-state index in [-0.39, 0.29) is 30.4 Å².